The van der Waals surface area contributed by atoms with Crippen molar-refractivity contribution in [3.63, 3.8) is 0 Å². The van der Waals surface area contributed by atoms with Gasteiger partial charge in [0.1, 0.15) is 12.4 Å². The SMILES string of the molecule is O=C(O)Cn1c(-c2ccns2)cc2cc(F)ccc21. The van der Waals surface area contributed by atoms with Crippen LogP contribution in [0.4, 0.5) is 4.39 Å². The molecule has 0 spiro atoms. The molecule has 0 atom stereocenters. The van der Waals surface area contributed by atoms with E-state index in [1.54, 1.807) is 22.9 Å². The summed E-state index contributed by atoms with van der Waals surface area (Å²) in [5.41, 5.74) is 1.44. The summed E-state index contributed by atoms with van der Waals surface area (Å²) in [5, 5.41) is 9.70. The number of aromatic nitrogens is 2. The highest BCUT2D eigenvalue weighted by Gasteiger charge is 2.14. The number of fused-ring (bicyclic) bond motifs is 1. The zero-order valence-corrected chi connectivity index (χ0v) is 10.5. The summed E-state index contributed by atoms with van der Waals surface area (Å²) in [6.45, 7) is -0.164. The molecule has 19 heavy (non-hydrogen) atoms. The largest absolute Gasteiger partial charge is 0.480 e. The highest BCUT2D eigenvalue weighted by atomic mass is 32.1. The minimum absolute atomic E-state index is 0.164. The van der Waals surface area contributed by atoms with Crippen molar-refractivity contribution >= 4 is 28.4 Å². The molecule has 0 amide bonds. The number of hydrogen-bond donors (Lipinski definition) is 1. The molecule has 0 aliphatic carbocycles. The second kappa shape index (κ2) is 4.47. The van der Waals surface area contributed by atoms with Crippen molar-refractivity contribution in [1.82, 2.24) is 8.94 Å². The lowest BCUT2D eigenvalue weighted by Crippen LogP contribution is -2.09. The highest BCUT2D eigenvalue weighted by molar-refractivity contribution is 7.09. The Kier molecular flexibility index (Phi) is 2.79. The van der Waals surface area contributed by atoms with Crippen LogP contribution in [-0.4, -0.2) is 20.0 Å². The molecule has 2 heterocycles. The number of hydrogen-bond acceptors (Lipinski definition) is 3. The normalized spacial score (nSPS) is 11.0. The standard InChI is InChI=1S/C13H9FN2O2S/c14-9-1-2-10-8(5-9)6-11(12-3-4-15-19-12)16(10)7-13(17)18/h1-6H,7H2,(H,17,18). The molecule has 1 aromatic carbocycles. The molecule has 0 aliphatic heterocycles. The second-order valence-corrected chi connectivity index (χ2v) is 4.92. The van der Waals surface area contributed by atoms with Gasteiger partial charge in [-0.15, -0.1) is 0 Å². The van der Waals surface area contributed by atoms with E-state index in [-0.39, 0.29) is 12.4 Å². The lowest BCUT2D eigenvalue weighted by molar-refractivity contribution is -0.137. The van der Waals surface area contributed by atoms with Crippen LogP contribution < -0.4 is 0 Å². The molecule has 0 aliphatic rings. The number of carboxylic acid groups (broad SMARTS) is 1. The van der Waals surface area contributed by atoms with Crippen molar-refractivity contribution in [2.45, 2.75) is 6.54 Å². The Morgan fingerprint density at radius 2 is 2.21 bits per heavy atom. The molecule has 3 rings (SSSR count). The Hall–Kier alpha value is -2.21. The first-order valence-corrected chi connectivity index (χ1v) is 6.34. The van der Waals surface area contributed by atoms with Crippen LogP contribution in [0.15, 0.2) is 36.5 Å². The maximum Gasteiger partial charge on any atom is 0.323 e. The summed E-state index contributed by atoms with van der Waals surface area (Å²) in [7, 11) is 0. The average Bonchev–Trinajstić information content (AvgIpc) is 2.96. The second-order valence-electron chi connectivity index (χ2n) is 4.09. The van der Waals surface area contributed by atoms with Gasteiger partial charge >= 0.3 is 5.97 Å². The minimum atomic E-state index is -0.937. The van der Waals surface area contributed by atoms with Gasteiger partial charge in [-0.3, -0.25) is 4.79 Å². The monoisotopic (exact) mass is 276 g/mol. The summed E-state index contributed by atoms with van der Waals surface area (Å²) < 4.78 is 18.9. The molecule has 4 nitrogen and oxygen atoms in total. The van der Waals surface area contributed by atoms with E-state index < -0.39 is 5.97 Å². The Bertz CT molecular complexity index is 749. The van der Waals surface area contributed by atoms with E-state index in [1.807, 2.05) is 6.07 Å². The van der Waals surface area contributed by atoms with Crippen LogP contribution >= 0.6 is 11.5 Å². The number of nitrogens with zero attached hydrogens (tertiary/aromatic N) is 2. The molecule has 0 fully saturated rings. The van der Waals surface area contributed by atoms with Crippen LogP contribution in [-0.2, 0) is 11.3 Å². The Balaban J connectivity index is 2.27. The molecule has 0 bridgehead atoms. The number of aliphatic carboxylic acids is 1. The van der Waals surface area contributed by atoms with Crippen molar-refractivity contribution in [3.05, 3.63) is 42.3 Å². The third-order valence-corrected chi connectivity index (χ3v) is 3.62. The number of halogens is 1. The molecule has 0 radical (unpaired) electrons. The fourth-order valence-corrected chi connectivity index (χ4v) is 2.72. The third-order valence-electron chi connectivity index (χ3n) is 2.85. The summed E-state index contributed by atoms with van der Waals surface area (Å²) in [6, 6.07) is 7.93. The molecule has 96 valence electrons. The van der Waals surface area contributed by atoms with E-state index >= 15 is 0 Å². The van der Waals surface area contributed by atoms with Gasteiger partial charge in [0.2, 0.25) is 0 Å². The molecule has 1 N–H and O–H groups in total. The molecular formula is C13H9FN2O2S. The smallest absolute Gasteiger partial charge is 0.323 e. The number of carboxylic acids is 1. The Labute approximate surface area is 111 Å². The van der Waals surface area contributed by atoms with Crippen molar-refractivity contribution in [2.75, 3.05) is 0 Å². The van der Waals surface area contributed by atoms with Gasteiger partial charge in [-0.05, 0) is 41.9 Å². The number of carbonyl (C=O) groups is 1. The van der Waals surface area contributed by atoms with Gasteiger partial charge in [0.05, 0.1) is 10.6 Å². The first-order chi connectivity index (χ1) is 9.15. The van der Waals surface area contributed by atoms with Crippen LogP contribution in [0.25, 0.3) is 21.5 Å². The van der Waals surface area contributed by atoms with Crippen molar-refractivity contribution < 1.29 is 14.3 Å². The lowest BCUT2D eigenvalue weighted by atomic mass is 10.2. The van der Waals surface area contributed by atoms with Gasteiger partial charge in [-0.2, -0.15) is 0 Å². The lowest BCUT2D eigenvalue weighted by Gasteiger charge is -2.06. The predicted molar refractivity (Wildman–Crippen MR) is 70.6 cm³/mol. The van der Waals surface area contributed by atoms with Crippen LogP contribution in [0.1, 0.15) is 0 Å². The van der Waals surface area contributed by atoms with Crippen molar-refractivity contribution in [1.29, 1.82) is 0 Å². The van der Waals surface area contributed by atoms with E-state index in [4.69, 9.17) is 5.11 Å². The minimum Gasteiger partial charge on any atom is -0.480 e. The summed E-state index contributed by atoms with van der Waals surface area (Å²) >= 11 is 1.28. The summed E-state index contributed by atoms with van der Waals surface area (Å²) in [6.07, 6.45) is 1.66. The molecule has 3 aromatic rings. The number of rotatable bonds is 3. The van der Waals surface area contributed by atoms with Crippen molar-refractivity contribution in [3.8, 4) is 10.6 Å². The molecule has 6 heteroatoms. The molecule has 2 aromatic heterocycles. The van der Waals surface area contributed by atoms with Crippen LogP contribution in [0, 0.1) is 5.82 Å². The zero-order chi connectivity index (χ0) is 13.4. The fourth-order valence-electron chi connectivity index (χ4n) is 2.10. The first kappa shape index (κ1) is 11.9. The van der Waals surface area contributed by atoms with E-state index in [0.717, 1.165) is 10.6 Å². The summed E-state index contributed by atoms with van der Waals surface area (Å²) in [4.78, 5) is 11.9. The van der Waals surface area contributed by atoms with Crippen LogP contribution in [0.2, 0.25) is 0 Å². The van der Waals surface area contributed by atoms with Gasteiger partial charge in [0.15, 0.2) is 0 Å². The maximum atomic E-state index is 13.2. The van der Waals surface area contributed by atoms with Gasteiger partial charge in [0, 0.05) is 17.1 Å². The molecule has 0 saturated heterocycles. The Morgan fingerprint density at radius 1 is 1.37 bits per heavy atom. The topological polar surface area (TPSA) is 55.1 Å². The van der Waals surface area contributed by atoms with E-state index in [2.05, 4.69) is 4.37 Å². The van der Waals surface area contributed by atoms with Gasteiger partial charge in [-0.25, -0.2) is 8.76 Å². The van der Waals surface area contributed by atoms with Crippen LogP contribution in [0.3, 0.4) is 0 Å². The van der Waals surface area contributed by atoms with E-state index in [0.29, 0.717) is 10.9 Å². The van der Waals surface area contributed by atoms with Crippen LogP contribution in [0.5, 0.6) is 0 Å². The highest BCUT2D eigenvalue weighted by Crippen LogP contribution is 2.30. The average molecular weight is 276 g/mol. The van der Waals surface area contributed by atoms with Gasteiger partial charge < -0.3 is 9.67 Å². The van der Waals surface area contributed by atoms with Gasteiger partial charge in [-0.1, -0.05) is 0 Å². The predicted octanol–water partition coefficient (Wildman–Crippen LogP) is 2.99. The quantitative estimate of drug-likeness (QED) is 0.800. The molecular weight excluding hydrogens is 267 g/mol. The van der Waals surface area contributed by atoms with E-state index in [9.17, 15) is 9.18 Å². The Morgan fingerprint density at radius 3 is 2.89 bits per heavy atom. The summed E-state index contributed by atoms with van der Waals surface area (Å²) in [5.74, 6) is -1.27. The number of benzene rings is 1. The molecule has 0 saturated carbocycles. The first-order valence-electron chi connectivity index (χ1n) is 5.57. The zero-order valence-electron chi connectivity index (χ0n) is 9.71. The van der Waals surface area contributed by atoms with E-state index in [1.165, 1.54) is 23.7 Å². The molecule has 0 unspecified atom stereocenters. The van der Waals surface area contributed by atoms with Gasteiger partial charge in [0.25, 0.3) is 0 Å². The van der Waals surface area contributed by atoms with Crippen molar-refractivity contribution in [2.24, 2.45) is 0 Å². The fraction of sp³-hybridized carbons (Fsp3) is 0.0769. The third kappa shape index (κ3) is 2.10. The maximum absolute atomic E-state index is 13.2.